The molecule has 0 aliphatic heterocycles. The Labute approximate surface area is 109 Å². The molecule has 5 heteroatoms. The number of nitrogens with one attached hydrogen (secondary N) is 1. The Morgan fingerprint density at radius 2 is 2.22 bits per heavy atom. The second kappa shape index (κ2) is 6.54. The topological polar surface area (TPSA) is 56.2 Å². The smallest absolute Gasteiger partial charge is 0.323 e. The summed E-state index contributed by atoms with van der Waals surface area (Å²) >= 11 is 0. The quantitative estimate of drug-likeness (QED) is 0.618. The first-order valence-corrected chi connectivity index (χ1v) is 6.32. The molecule has 1 unspecified atom stereocenters. The molecule has 102 valence electrons. The number of carbonyl (C=O) groups is 1. The van der Waals surface area contributed by atoms with Gasteiger partial charge in [-0.2, -0.15) is 5.10 Å². The predicted octanol–water partition coefficient (Wildman–Crippen LogP) is 1.59. The van der Waals surface area contributed by atoms with Gasteiger partial charge in [0.2, 0.25) is 0 Å². The third-order valence-corrected chi connectivity index (χ3v) is 2.33. The molecule has 0 bridgehead atoms. The fourth-order valence-corrected chi connectivity index (χ4v) is 1.47. The van der Waals surface area contributed by atoms with Gasteiger partial charge in [0, 0.05) is 18.9 Å². The van der Waals surface area contributed by atoms with Crippen molar-refractivity contribution in [2.24, 2.45) is 0 Å². The SMILES string of the molecule is CC(NCCCn1cccn1)C(=O)OC(C)(C)C. The lowest BCUT2D eigenvalue weighted by atomic mass is 10.2. The number of rotatable bonds is 6. The van der Waals surface area contributed by atoms with Crippen LogP contribution in [-0.4, -0.2) is 33.9 Å². The van der Waals surface area contributed by atoms with Gasteiger partial charge in [-0.3, -0.25) is 9.48 Å². The van der Waals surface area contributed by atoms with Crippen molar-refractivity contribution in [1.29, 1.82) is 0 Å². The van der Waals surface area contributed by atoms with E-state index in [1.54, 1.807) is 6.20 Å². The molecule has 18 heavy (non-hydrogen) atoms. The lowest BCUT2D eigenvalue weighted by Crippen LogP contribution is -2.39. The van der Waals surface area contributed by atoms with Gasteiger partial charge in [0.1, 0.15) is 11.6 Å². The average Bonchev–Trinajstić information content (AvgIpc) is 2.74. The van der Waals surface area contributed by atoms with E-state index in [4.69, 9.17) is 4.74 Å². The third-order valence-electron chi connectivity index (χ3n) is 2.33. The molecule has 0 aromatic carbocycles. The Balaban J connectivity index is 2.16. The number of hydrogen-bond donors (Lipinski definition) is 1. The van der Waals surface area contributed by atoms with Crippen molar-refractivity contribution >= 4 is 5.97 Å². The molecule has 0 spiro atoms. The maximum atomic E-state index is 11.7. The van der Waals surface area contributed by atoms with Crippen molar-refractivity contribution < 1.29 is 9.53 Å². The summed E-state index contributed by atoms with van der Waals surface area (Å²) < 4.78 is 7.16. The zero-order valence-corrected chi connectivity index (χ0v) is 11.6. The molecule has 0 saturated heterocycles. The summed E-state index contributed by atoms with van der Waals surface area (Å²) in [6.07, 6.45) is 4.61. The highest BCUT2D eigenvalue weighted by Gasteiger charge is 2.20. The fourth-order valence-electron chi connectivity index (χ4n) is 1.47. The van der Waals surface area contributed by atoms with E-state index in [0.29, 0.717) is 0 Å². The molecule has 1 heterocycles. The van der Waals surface area contributed by atoms with Crippen molar-refractivity contribution in [2.45, 2.75) is 52.3 Å². The van der Waals surface area contributed by atoms with Gasteiger partial charge in [-0.15, -0.1) is 0 Å². The molecule has 1 atom stereocenters. The summed E-state index contributed by atoms with van der Waals surface area (Å²) in [6, 6.07) is 1.62. The third kappa shape index (κ3) is 5.82. The molecule has 5 nitrogen and oxygen atoms in total. The van der Waals surface area contributed by atoms with E-state index >= 15 is 0 Å². The van der Waals surface area contributed by atoms with Gasteiger partial charge in [-0.25, -0.2) is 0 Å². The molecule has 1 aromatic heterocycles. The van der Waals surface area contributed by atoms with E-state index in [-0.39, 0.29) is 12.0 Å². The van der Waals surface area contributed by atoms with Crippen LogP contribution in [0.15, 0.2) is 18.5 Å². The van der Waals surface area contributed by atoms with Gasteiger partial charge in [-0.1, -0.05) is 0 Å². The van der Waals surface area contributed by atoms with E-state index in [1.165, 1.54) is 0 Å². The highest BCUT2D eigenvalue weighted by molar-refractivity contribution is 5.75. The van der Waals surface area contributed by atoms with E-state index in [0.717, 1.165) is 19.5 Å². The number of hydrogen-bond acceptors (Lipinski definition) is 4. The standard InChI is InChI=1S/C13H23N3O2/c1-11(12(17)18-13(2,3)4)14-7-5-9-16-10-6-8-15-16/h6,8,10-11,14H,5,7,9H2,1-4H3. The summed E-state index contributed by atoms with van der Waals surface area (Å²) in [5.74, 6) is -0.207. The number of nitrogens with zero attached hydrogens (tertiary/aromatic N) is 2. The molecule has 1 aromatic rings. The van der Waals surface area contributed by atoms with Crippen LogP contribution >= 0.6 is 0 Å². The number of aromatic nitrogens is 2. The number of ether oxygens (including phenoxy) is 1. The molecule has 1 rings (SSSR count). The molecule has 0 amide bonds. The molecular weight excluding hydrogens is 230 g/mol. The lowest BCUT2D eigenvalue weighted by molar-refractivity contribution is -0.156. The highest BCUT2D eigenvalue weighted by Crippen LogP contribution is 2.08. The molecular formula is C13H23N3O2. The minimum absolute atomic E-state index is 0.207. The molecule has 0 aliphatic carbocycles. The van der Waals surface area contributed by atoms with Gasteiger partial charge in [0.05, 0.1) is 0 Å². The van der Waals surface area contributed by atoms with Crippen molar-refractivity contribution in [3.8, 4) is 0 Å². The normalized spacial score (nSPS) is 13.3. The first kappa shape index (κ1) is 14.7. The van der Waals surface area contributed by atoms with Crippen LogP contribution in [0.2, 0.25) is 0 Å². The van der Waals surface area contributed by atoms with E-state index in [9.17, 15) is 4.79 Å². The van der Waals surface area contributed by atoms with Gasteiger partial charge in [0.25, 0.3) is 0 Å². The molecule has 0 saturated carbocycles. The highest BCUT2D eigenvalue weighted by atomic mass is 16.6. The van der Waals surface area contributed by atoms with Crippen LogP contribution in [0.5, 0.6) is 0 Å². The van der Waals surface area contributed by atoms with Crippen LogP contribution in [-0.2, 0) is 16.1 Å². The summed E-state index contributed by atoms with van der Waals surface area (Å²) in [5.41, 5.74) is -0.428. The fraction of sp³-hybridized carbons (Fsp3) is 0.692. The van der Waals surface area contributed by atoms with E-state index < -0.39 is 5.60 Å². The lowest BCUT2D eigenvalue weighted by Gasteiger charge is -2.22. The molecule has 1 N–H and O–H groups in total. The first-order chi connectivity index (χ1) is 8.38. The molecule has 0 aliphatic rings. The van der Waals surface area contributed by atoms with Crippen LogP contribution in [0.25, 0.3) is 0 Å². The van der Waals surface area contributed by atoms with Crippen molar-refractivity contribution in [1.82, 2.24) is 15.1 Å². The average molecular weight is 253 g/mol. The minimum atomic E-state index is -0.428. The maximum absolute atomic E-state index is 11.7. The number of aryl methyl sites for hydroxylation is 1. The molecule has 0 radical (unpaired) electrons. The van der Waals surface area contributed by atoms with Gasteiger partial charge < -0.3 is 10.1 Å². The monoisotopic (exact) mass is 253 g/mol. The Morgan fingerprint density at radius 3 is 2.78 bits per heavy atom. The Bertz CT molecular complexity index is 355. The number of carbonyl (C=O) groups excluding carboxylic acids is 1. The summed E-state index contributed by atoms with van der Waals surface area (Å²) in [5, 5.41) is 7.27. The predicted molar refractivity (Wildman–Crippen MR) is 70.2 cm³/mol. The first-order valence-electron chi connectivity index (χ1n) is 6.32. The van der Waals surface area contributed by atoms with E-state index in [2.05, 4.69) is 10.4 Å². The summed E-state index contributed by atoms with van der Waals surface area (Å²) in [7, 11) is 0. The van der Waals surface area contributed by atoms with Crippen LogP contribution in [0.1, 0.15) is 34.1 Å². The maximum Gasteiger partial charge on any atom is 0.323 e. The van der Waals surface area contributed by atoms with Crippen LogP contribution in [0.4, 0.5) is 0 Å². The van der Waals surface area contributed by atoms with Gasteiger partial charge in [0.15, 0.2) is 0 Å². The van der Waals surface area contributed by atoms with Gasteiger partial charge in [-0.05, 0) is 46.7 Å². The Morgan fingerprint density at radius 1 is 1.50 bits per heavy atom. The van der Waals surface area contributed by atoms with Crippen molar-refractivity contribution in [2.75, 3.05) is 6.54 Å². The van der Waals surface area contributed by atoms with Gasteiger partial charge >= 0.3 is 5.97 Å². The Hall–Kier alpha value is -1.36. The largest absolute Gasteiger partial charge is 0.459 e. The van der Waals surface area contributed by atoms with E-state index in [1.807, 2.05) is 44.6 Å². The minimum Gasteiger partial charge on any atom is -0.459 e. The number of esters is 1. The molecule has 0 fully saturated rings. The van der Waals surface area contributed by atoms with Crippen LogP contribution < -0.4 is 5.32 Å². The van der Waals surface area contributed by atoms with Crippen molar-refractivity contribution in [3.63, 3.8) is 0 Å². The Kier molecular flexibility index (Phi) is 5.34. The second-order valence-corrected chi connectivity index (χ2v) is 5.33. The second-order valence-electron chi connectivity index (χ2n) is 5.33. The summed E-state index contributed by atoms with van der Waals surface area (Å²) in [6.45, 7) is 9.04. The zero-order chi connectivity index (χ0) is 13.6. The van der Waals surface area contributed by atoms with Crippen LogP contribution in [0, 0.1) is 0 Å². The zero-order valence-electron chi connectivity index (χ0n) is 11.6. The summed E-state index contributed by atoms with van der Waals surface area (Å²) in [4.78, 5) is 11.7. The van der Waals surface area contributed by atoms with Crippen LogP contribution in [0.3, 0.4) is 0 Å². The van der Waals surface area contributed by atoms with Crippen molar-refractivity contribution in [3.05, 3.63) is 18.5 Å².